The quantitative estimate of drug-likeness (QED) is 0.381. The highest BCUT2D eigenvalue weighted by Crippen LogP contribution is 2.38. The average Bonchev–Trinajstić information content (AvgIpc) is 2.69. The SMILES string of the molecule is CCCC(CCO)CNC(=NCc1cc(OC)c(OC)c(OC)c1)NCC. The lowest BCUT2D eigenvalue weighted by Gasteiger charge is -2.18. The van der Waals surface area contributed by atoms with Gasteiger partial charge in [0.2, 0.25) is 5.75 Å². The fourth-order valence-electron chi connectivity index (χ4n) is 2.92. The zero-order chi connectivity index (χ0) is 20.1. The minimum atomic E-state index is 0.214. The van der Waals surface area contributed by atoms with E-state index in [2.05, 4.69) is 22.5 Å². The molecular formula is C20H35N3O4. The van der Waals surface area contributed by atoms with Gasteiger partial charge in [0, 0.05) is 19.7 Å². The van der Waals surface area contributed by atoms with Crippen LogP contribution in [0.3, 0.4) is 0 Å². The summed E-state index contributed by atoms with van der Waals surface area (Å²) in [7, 11) is 4.79. The van der Waals surface area contributed by atoms with E-state index in [-0.39, 0.29) is 6.61 Å². The number of guanidine groups is 1. The van der Waals surface area contributed by atoms with E-state index >= 15 is 0 Å². The smallest absolute Gasteiger partial charge is 0.203 e. The van der Waals surface area contributed by atoms with E-state index in [0.717, 1.165) is 43.9 Å². The Labute approximate surface area is 163 Å². The molecule has 0 aliphatic heterocycles. The Hall–Kier alpha value is -2.15. The highest BCUT2D eigenvalue weighted by molar-refractivity contribution is 5.79. The Bertz CT molecular complexity index is 547. The highest BCUT2D eigenvalue weighted by atomic mass is 16.5. The Balaban J connectivity index is 2.87. The summed E-state index contributed by atoms with van der Waals surface area (Å²) >= 11 is 0. The van der Waals surface area contributed by atoms with Crippen LogP contribution < -0.4 is 24.8 Å². The van der Waals surface area contributed by atoms with Crippen molar-refractivity contribution in [2.24, 2.45) is 10.9 Å². The summed E-state index contributed by atoms with van der Waals surface area (Å²) in [6, 6.07) is 3.81. The molecular weight excluding hydrogens is 346 g/mol. The van der Waals surface area contributed by atoms with Gasteiger partial charge in [-0.2, -0.15) is 0 Å². The number of nitrogens with zero attached hydrogens (tertiary/aromatic N) is 1. The number of rotatable bonds is 12. The van der Waals surface area contributed by atoms with Gasteiger partial charge in [-0.15, -0.1) is 0 Å². The molecule has 1 unspecified atom stereocenters. The molecule has 7 heteroatoms. The summed E-state index contributed by atoms with van der Waals surface area (Å²) in [5, 5.41) is 15.9. The monoisotopic (exact) mass is 381 g/mol. The van der Waals surface area contributed by atoms with Crippen molar-refractivity contribution in [2.75, 3.05) is 41.0 Å². The van der Waals surface area contributed by atoms with Crippen LogP contribution >= 0.6 is 0 Å². The number of methoxy groups -OCH3 is 3. The molecule has 7 nitrogen and oxygen atoms in total. The van der Waals surface area contributed by atoms with E-state index in [4.69, 9.17) is 14.2 Å². The largest absolute Gasteiger partial charge is 0.493 e. The molecule has 0 radical (unpaired) electrons. The predicted molar refractivity (Wildman–Crippen MR) is 109 cm³/mol. The molecule has 0 fully saturated rings. The number of benzene rings is 1. The predicted octanol–water partition coefficient (Wildman–Crippen LogP) is 2.57. The van der Waals surface area contributed by atoms with Gasteiger partial charge in [-0.3, -0.25) is 0 Å². The second-order valence-corrected chi connectivity index (χ2v) is 6.28. The van der Waals surface area contributed by atoms with Crippen LogP contribution in [0.25, 0.3) is 0 Å². The first-order valence-electron chi connectivity index (χ1n) is 9.55. The Morgan fingerprint density at radius 2 is 1.70 bits per heavy atom. The molecule has 0 heterocycles. The summed E-state index contributed by atoms with van der Waals surface area (Å²) in [6.07, 6.45) is 2.98. The molecule has 0 aliphatic rings. The van der Waals surface area contributed by atoms with Crippen molar-refractivity contribution in [2.45, 2.75) is 39.7 Å². The third-order valence-electron chi connectivity index (χ3n) is 4.28. The second-order valence-electron chi connectivity index (χ2n) is 6.28. The zero-order valence-corrected chi connectivity index (χ0v) is 17.3. The van der Waals surface area contributed by atoms with Gasteiger partial charge < -0.3 is 30.0 Å². The molecule has 1 aromatic carbocycles. The molecule has 0 amide bonds. The van der Waals surface area contributed by atoms with Crippen LogP contribution in [-0.4, -0.2) is 52.1 Å². The minimum Gasteiger partial charge on any atom is -0.493 e. The molecule has 154 valence electrons. The summed E-state index contributed by atoms with van der Waals surface area (Å²) in [5.41, 5.74) is 0.960. The van der Waals surface area contributed by atoms with Gasteiger partial charge in [-0.25, -0.2) is 4.99 Å². The molecule has 0 saturated carbocycles. The van der Waals surface area contributed by atoms with Crippen molar-refractivity contribution in [3.63, 3.8) is 0 Å². The number of ether oxygens (including phenoxy) is 3. The number of aliphatic imine (C=N–C) groups is 1. The van der Waals surface area contributed by atoms with E-state index in [1.54, 1.807) is 21.3 Å². The highest BCUT2D eigenvalue weighted by Gasteiger charge is 2.13. The summed E-state index contributed by atoms with van der Waals surface area (Å²) in [5.74, 6) is 3.00. The Morgan fingerprint density at radius 1 is 1.04 bits per heavy atom. The van der Waals surface area contributed by atoms with Crippen LogP contribution in [0.15, 0.2) is 17.1 Å². The number of aliphatic hydroxyl groups excluding tert-OH is 1. The molecule has 0 aliphatic carbocycles. The molecule has 0 spiro atoms. The Kier molecular flexibility index (Phi) is 11.1. The number of aliphatic hydroxyl groups is 1. The minimum absolute atomic E-state index is 0.214. The van der Waals surface area contributed by atoms with Gasteiger partial charge in [0.25, 0.3) is 0 Å². The first-order valence-corrected chi connectivity index (χ1v) is 9.55. The second kappa shape index (κ2) is 13.1. The molecule has 1 aromatic rings. The van der Waals surface area contributed by atoms with Crippen LogP contribution in [0, 0.1) is 5.92 Å². The van der Waals surface area contributed by atoms with Crippen LogP contribution in [0.1, 0.15) is 38.7 Å². The third kappa shape index (κ3) is 7.54. The van der Waals surface area contributed by atoms with E-state index < -0.39 is 0 Å². The van der Waals surface area contributed by atoms with Gasteiger partial charge in [0.05, 0.1) is 27.9 Å². The van der Waals surface area contributed by atoms with Gasteiger partial charge in [-0.05, 0) is 43.4 Å². The maximum atomic E-state index is 9.22. The molecule has 3 N–H and O–H groups in total. The fraction of sp³-hybridized carbons (Fsp3) is 0.650. The normalized spacial score (nSPS) is 12.4. The lowest BCUT2D eigenvalue weighted by molar-refractivity contribution is 0.251. The van der Waals surface area contributed by atoms with Gasteiger partial charge in [0.15, 0.2) is 17.5 Å². The molecule has 0 saturated heterocycles. The number of hydrogen-bond donors (Lipinski definition) is 3. The maximum absolute atomic E-state index is 9.22. The van der Waals surface area contributed by atoms with Crippen LogP contribution in [0.2, 0.25) is 0 Å². The topological polar surface area (TPSA) is 84.3 Å². The number of hydrogen-bond acceptors (Lipinski definition) is 5. The molecule has 0 aromatic heterocycles. The van der Waals surface area contributed by atoms with Crippen LogP contribution in [0.5, 0.6) is 17.2 Å². The maximum Gasteiger partial charge on any atom is 0.203 e. The first kappa shape index (κ1) is 22.9. The molecule has 1 atom stereocenters. The summed E-state index contributed by atoms with van der Waals surface area (Å²) in [6.45, 7) is 6.45. The van der Waals surface area contributed by atoms with Crippen molar-refractivity contribution in [1.82, 2.24) is 10.6 Å². The van der Waals surface area contributed by atoms with E-state index in [0.29, 0.717) is 29.7 Å². The van der Waals surface area contributed by atoms with Crippen molar-refractivity contribution >= 4 is 5.96 Å². The van der Waals surface area contributed by atoms with Crippen molar-refractivity contribution < 1.29 is 19.3 Å². The lowest BCUT2D eigenvalue weighted by Crippen LogP contribution is -2.40. The van der Waals surface area contributed by atoms with E-state index in [9.17, 15) is 5.11 Å². The standard InChI is InChI=1S/C20H35N3O4/c1-6-8-15(9-10-24)13-22-20(21-7-2)23-14-16-11-17(25-3)19(27-5)18(12-16)26-4/h11-12,15,24H,6-10,13-14H2,1-5H3,(H2,21,22,23). The third-order valence-corrected chi connectivity index (χ3v) is 4.28. The Morgan fingerprint density at radius 3 is 2.19 bits per heavy atom. The van der Waals surface area contributed by atoms with Crippen molar-refractivity contribution in [3.8, 4) is 17.2 Å². The first-order chi connectivity index (χ1) is 13.1. The number of nitrogens with one attached hydrogen (secondary N) is 2. The summed E-state index contributed by atoms with van der Waals surface area (Å²) < 4.78 is 16.2. The summed E-state index contributed by atoms with van der Waals surface area (Å²) in [4.78, 5) is 4.66. The van der Waals surface area contributed by atoms with Crippen LogP contribution in [0.4, 0.5) is 0 Å². The van der Waals surface area contributed by atoms with E-state index in [1.807, 2.05) is 19.1 Å². The van der Waals surface area contributed by atoms with E-state index in [1.165, 1.54) is 0 Å². The molecule has 27 heavy (non-hydrogen) atoms. The van der Waals surface area contributed by atoms with Gasteiger partial charge in [0.1, 0.15) is 0 Å². The molecule has 0 bridgehead atoms. The van der Waals surface area contributed by atoms with Gasteiger partial charge >= 0.3 is 0 Å². The van der Waals surface area contributed by atoms with Crippen LogP contribution in [-0.2, 0) is 6.54 Å². The lowest BCUT2D eigenvalue weighted by atomic mass is 10.0. The van der Waals surface area contributed by atoms with Crippen molar-refractivity contribution in [3.05, 3.63) is 17.7 Å². The van der Waals surface area contributed by atoms with Crippen molar-refractivity contribution in [1.29, 1.82) is 0 Å². The molecule has 1 rings (SSSR count). The zero-order valence-electron chi connectivity index (χ0n) is 17.3. The van der Waals surface area contributed by atoms with Gasteiger partial charge in [-0.1, -0.05) is 13.3 Å². The fourth-order valence-corrected chi connectivity index (χ4v) is 2.92. The average molecular weight is 382 g/mol.